The quantitative estimate of drug-likeness (QED) is 0.655. The van der Waals surface area contributed by atoms with Crippen LogP contribution in [0, 0.1) is 0 Å². The Labute approximate surface area is 169 Å². The molecule has 3 amide bonds. The minimum atomic E-state index is -0.496. The molecule has 2 aromatic carbocycles. The van der Waals surface area contributed by atoms with Crippen LogP contribution in [0.3, 0.4) is 0 Å². The van der Waals surface area contributed by atoms with Crippen LogP contribution >= 0.6 is 0 Å². The van der Waals surface area contributed by atoms with Crippen molar-refractivity contribution in [1.82, 2.24) is 10.6 Å². The molecule has 1 aliphatic carbocycles. The van der Waals surface area contributed by atoms with Crippen LogP contribution < -0.4 is 16.0 Å². The highest BCUT2D eigenvalue weighted by atomic mass is 16.5. The van der Waals surface area contributed by atoms with Crippen LogP contribution in [0.2, 0.25) is 0 Å². The van der Waals surface area contributed by atoms with E-state index in [2.05, 4.69) is 32.8 Å². The SMILES string of the molecule is COC(=O)CNC(=O)Cc1ccc(NC(=O)NC2CCCc3ccccc32)cc1. The van der Waals surface area contributed by atoms with Crippen molar-refractivity contribution in [2.75, 3.05) is 19.0 Å². The zero-order valence-electron chi connectivity index (χ0n) is 16.4. The second-order valence-electron chi connectivity index (χ2n) is 6.97. The number of carbonyl (C=O) groups excluding carboxylic acids is 3. The van der Waals surface area contributed by atoms with Gasteiger partial charge in [0.05, 0.1) is 19.6 Å². The minimum Gasteiger partial charge on any atom is -0.468 e. The first-order valence-corrected chi connectivity index (χ1v) is 9.63. The Hall–Kier alpha value is -3.35. The number of hydrogen-bond donors (Lipinski definition) is 3. The zero-order chi connectivity index (χ0) is 20.6. The number of nitrogens with one attached hydrogen (secondary N) is 3. The molecule has 0 radical (unpaired) electrons. The molecule has 0 saturated heterocycles. The summed E-state index contributed by atoms with van der Waals surface area (Å²) in [6.45, 7) is -0.153. The van der Waals surface area contributed by atoms with E-state index in [0.29, 0.717) is 5.69 Å². The topological polar surface area (TPSA) is 96.5 Å². The van der Waals surface area contributed by atoms with Gasteiger partial charge in [0.1, 0.15) is 6.54 Å². The minimum absolute atomic E-state index is 0.0118. The van der Waals surface area contributed by atoms with E-state index < -0.39 is 5.97 Å². The van der Waals surface area contributed by atoms with E-state index in [4.69, 9.17) is 0 Å². The van der Waals surface area contributed by atoms with Crippen LogP contribution in [-0.4, -0.2) is 31.6 Å². The van der Waals surface area contributed by atoms with Crippen molar-refractivity contribution in [2.24, 2.45) is 0 Å². The van der Waals surface area contributed by atoms with Crippen molar-refractivity contribution in [3.8, 4) is 0 Å². The van der Waals surface area contributed by atoms with Gasteiger partial charge in [-0.15, -0.1) is 0 Å². The maximum absolute atomic E-state index is 12.4. The highest BCUT2D eigenvalue weighted by Gasteiger charge is 2.21. The smallest absolute Gasteiger partial charge is 0.325 e. The third-order valence-corrected chi connectivity index (χ3v) is 4.91. The van der Waals surface area contributed by atoms with Gasteiger partial charge in [-0.1, -0.05) is 36.4 Å². The molecule has 29 heavy (non-hydrogen) atoms. The second kappa shape index (κ2) is 9.73. The third-order valence-electron chi connectivity index (χ3n) is 4.91. The first kappa shape index (κ1) is 20.4. The zero-order valence-corrected chi connectivity index (χ0v) is 16.4. The summed E-state index contributed by atoms with van der Waals surface area (Å²) >= 11 is 0. The summed E-state index contributed by atoms with van der Waals surface area (Å²) in [7, 11) is 1.27. The predicted octanol–water partition coefficient (Wildman–Crippen LogP) is 2.72. The molecule has 0 fully saturated rings. The van der Waals surface area contributed by atoms with Crippen LogP contribution in [0.4, 0.5) is 10.5 Å². The van der Waals surface area contributed by atoms with E-state index in [1.807, 2.05) is 12.1 Å². The lowest BCUT2D eigenvalue weighted by Gasteiger charge is -2.26. The highest BCUT2D eigenvalue weighted by molar-refractivity contribution is 5.89. The fourth-order valence-corrected chi connectivity index (χ4v) is 3.43. The molecule has 0 heterocycles. The molecular formula is C22H25N3O4. The lowest BCUT2D eigenvalue weighted by atomic mass is 9.88. The van der Waals surface area contributed by atoms with Gasteiger partial charge < -0.3 is 20.7 Å². The number of ether oxygens (including phenoxy) is 1. The summed E-state index contributed by atoms with van der Waals surface area (Å²) in [4.78, 5) is 35.3. The number of amides is 3. The summed E-state index contributed by atoms with van der Waals surface area (Å²) in [5.41, 5.74) is 3.89. The lowest BCUT2D eigenvalue weighted by Crippen LogP contribution is -2.34. The summed E-state index contributed by atoms with van der Waals surface area (Å²) in [5.74, 6) is -0.769. The Morgan fingerprint density at radius 2 is 1.83 bits per heavy atom. The lowest BCUT2D eigenvalue weighted by molar-refractivity contribution is -0.141. The third kappa shape index (κ3) is 5.81. The van der Waals surface area contributed by atoms with Crippen LogP contribution in [0.5, 0.6) is 0 Å². The van der Waals surface area contributed by atoms with Gasteiger partial charge in [0.15, 0.2) is 0 Å². The average molecular weight is 395 g/mol. The number of carbonyl (C=O) groups is 3. The van der Waals surface area contributed by atoms with E-state index >= 15 is 0 Å². The number of urea groups is 1. The van der Waals surface area contributed by atoms with E-state index in [9.17, 15) is 14.4 Å². The van der Waals surface area contributed by atoms with Gasteiger partial charge in [-0.05, 0) is 48.1 Å². The Bertz CT molecular complexity index is 880. The van der Waals surface area contributed by atoms with Gasteiger partial charge in [-0.3, -0.25) is 9.59 Å². The van der Waals surface area contributed by atoms with Crippen molar-refractivity contribution in [2.45, 2.75) is 31.7 Å². The van der Waals surface area contributed by atoms with Crippen molar-refractivity contribution in [3.05, 3.63) is 65.2 Å². The molecule has 1 unspecified atom stereocenters. The summed E-state index contributed by atoms with van der Waals surface area (Å²) < 4.78 is 4.48. The van der Waals surface area contributed by atoms with E-state index in [0.717, 1.165) is 24.8 Å². The number of methoxy groups -OCH3 is 1. The number of hydrogen-bond acceptors (Lipinski definition) is 4. The largest absolute Gasteiger partial charge is 0.468 e. The van der Waals surface area contributed by atoms with Crippen molar-refractivity contribution >= 4 is 23.6 Å². The van der Waals surface area contributed by atoms with Gasteiger partial charge in [-0.25, -0.2) is 4.79 Å². The number of benzene rings is 2. The first-order chi connectivity index (χ1) is 14.0. The van der Waals surface area contributed by atoms with Crippen LogP contribution in [-0.2, 0) is 27.2 Å². The molecule has 0 bridgehead atoms. The van der Waals surface area contributed by atoms with Crippen molar-refractivity contribution < 1.29 is 19.1 Å². The molecule has 0 saturated carbocycles. The molecule has 152 valence electrons. The molecule has 0 aliphatic heterocycles. The van der Waals surface area contributed by atoms with E-state index in [1.54, 1.807) is 24.3 Å². The van der Waals surface area contributed by atoms with Crippen LogP contribution in [0.25, 0.3) is 0 Å². The molecule has 1 aliphatic rings. The normalized spacial score (nSPS) is 15.0. The molecule has 7 nitrogen and oxygen atoms in total. The van der Waals surface area contributed by atoms with Crippen molar-refractivity contribution in [1.29, 1.82) is 0 Å². The number of rotatable bonds is 6. The second-order valence-corrected chi connectivity index (χ2v) is 6.97. The summed E-state index contributed by atoms with van der Waals surface area (Å²) in [6.07, 6.45) is 3.16. The monoisotopic (exact) mass is 395 g/mol. The van der Waals surface area contributed by atoms with E-state index in [-0.39, 0.29) is 30.9 Å². The fraction of sp³-hybridized carbons (Fsp3) is 0.318. The van der Waals surface area contributed by atoms with Gasteiger partial charge >= 0.3 is 12.0 Å². The van der Waals surface area contributed by atoms with Gasteiger partial charge in [-0.2, -0.15) is 0 Å². The van der Waals surface area contributed by atoms with Crippen molar-refractivity contribution in [3.63, 3.8) is 0 Å². The van der Waals surface area contributed by atoms with Crippen LogP contribution in [0.15, 0.2) is 48.5 Å². The Balaban J connectivity index is 1.50. The number of fused-ring (bicyclic) bond motifs is 1. The van der Waals surface area contributed by atoms with Gasteiger partial charge in [0.25, 0.3) is 0 Å². The average Bonchev–Trinajstić information content (AvgIpc) is 2.73. The summed E-state index contributed by atoms with van der Waals surface area (Å²) in [6, 6.07) is 15.0. The number of anilines is 1. The van der Waals surface area contributed by atoms with Gasteiger partial charge in [0, 0.05) is 5.69 Å². The Morgan fingerprint density at radius 3 is 2.59 bits per heavy atom. The molecule has 1 atom stereocenters. The molecule has 0 aromatic heterocycles. The Morgan fingerprint density at radius 1 is 1.07 bits per heavy atom. The Kier molecular flexibility index (Phi) is 6.84. The maximum Gasteiger partial charge on any atom is 0.325 e. The van der Waals surface area contributed by atoms with Gasteiger partial charge in [0.2, 0.25) is 5.91 Å². The first-order valence-electron chi connectivity index (χ1n) is 9.63. The molecule has 3 rings (SSSR count). The molecular weight excluding hydrogens is 370 g/mol. The van der Waals surface area contributed by atoms with Crippen LogP contribution in [0.1, 0.15) is 35.6 Å². The maximum atomic E-state index is 12.4. The molecule has 2 aromatic rings. The number of esters is 1. The predicted molar refractivity (Wildman–Crippen MR) is 109 cm³/mol. The molecule has 0 spiro atoms. The standard InChI is InChI=1S/C22H25N3O4/c1-29-21(27)14-23-20(26)13-15-9-11-17(12-10-15)24-22(28)25-19-8-4-6-16-5-2-3-7-18(16)19/h2-3,5,7,9-12,19H,4,6,8,13-14H2,1H3,(H,23,26)(H2,24,25,28). The highest BCUT2D eigenvalue weighted by Crippen LogP contribution is 2.29. The number of aryl methyl sites for hydroxylation is 1. The summed E-state index contributed by atoms with van der Waals surface area (Å²) in [5, 5.41) is 8.37. The molecule has 7 heteroatoms. The molecule has 3 N–H and O–H groups in total. The fourth-order valence-electron chi connectivity index (χ4n) is 3.43. The van der Waals surface area contributed by atoms with E-state index in [1.165, 1.54) is 18.2 Å².